The zero-order valence-corrected chi connectivity index (χ0v) is 14.1. The Morgan fingerprint density at radius 3 is 2.79 bits per heavy atom. The van der Waals surface area contributed by atoms with Crippen LogP contribution in [0.1, 0.15) is 22.7 Å². The Hall–Kier alpha value is -2.38. The number of benzene rings is 1. The topological polar surface area (TPSA) is 90.7 Å². The molecule has 0 unspecified atom stereocenters. The van der Waals surface area contributed by atoms with Crippen LogP contribution in [-0.2, 0) is 0 Å². The summed E-state index contributed by atoms with van der Waals surface area (Å²) in [6.45, 7) is 2.38. The van der Waals surface area contributed by atoms with E-state index in [1.807, 2.05) is 11.1 Å². The first-order chi connectivity index (χ1) is 11.4. The number of hydrazine groups is 1. The largest absolute Gasteiger partial charge is 0.475 e. The molecule has 0 amide bonds. The summed E-state index contributed by atoms with van der Waals surface area (Å²) in [5.74, 6) is -0.473. The average Bonchev–Trinajstić information content (AvgIpc) is 2.98. The van der Waals surface area contributed by atoms with E-state index < -0.39 is 5.97 Å². The van der Waals surface area contributed by atoms with Crippen molar-refractivity contribution in [3.05, 3.63) is 45.8 Å². The van der Waals surface area contributed by atoms with Crippen LogP contribution in [0.2, 0.25) is 10.0 Å². The molecule has 2 N–H and O–H groups in total. The Balaban J connectivity index is 1.81. The Bertz CT molecular complexity index is 841. The van der Waals surface area contributed by atoms with Gasteiger partial charge in [0.2, 0.25) is 5.82 Å². The van der Waals surface area contributed by atoms with Crippen molar-refractivity contribution >= 4 is 46.5 Å². The van der Waals surface area contributed by atoms with Crippen molar-refractivity contribution in [2.24, 2.45) is 4.99 Å². The fourth-order valence-electron chi connectivity index (χ4n) is 2.26. The molecule has 1 aromatic heterocycles. The van der Waals surface area contributed by atoms with E-state index in [0.717, 1.165) is 5.69 Å². The van der Waals surface area contributed by atoms with E-state index in [4.69, 9.17) is 28.3 Å². The predicted octanol–water partition coefficient (Wildman–Crippen LogP) is 3.23. The van der Waals surface area contributed by atoms with Gasteiger partial charge in [0.1, 0.15) is 5.84 Å². The molecule has 9 heteroatoms. The van der Waals surface area contributed by atoms with E-state index in [1.165, 1.54) is 0 Å². The van der Waals surface area contributed by atoms with Crippen LogP contribution >= 0.6 is 23.2 Å². The molecule has 3 rings (SSSR count). The third kappa shape index (κ3) is 3.58. The predicted molar refractivity (Wildman–Crippen MR) is 92.4 cm³/mol. The first-order valence-electron chi connectivity index (χ1n) is 7.08. The molecule has 0 spiro atoms. The number of hydrogen-bond donors (Lipinski definition) is 2. The number of aryl methyl sites for hydroxylation is 1. The van der Waals surface area contributed by atoms with Crippen LogP contribution in [0.3, 0.4) is 0 Å². The number of aliphatic imine (C=N–C) groups is 1. The van der Waals surface area contributed by atoms with Crippen LogP contribution in [-0.4, -0.2) is 33.4 Å². The van der Waals surface area contributed by atoms with Crippen molar-refractivity contribution in [2.75, 3.05) is 11.6 Å². The van der Waals surface area contributed by atoms with Crippen LogP contribution < -0.4 is 10.4 Å². The molecular weight excluding hydrogens is 353 g/mol. The number of amidine groups is 1. The number of aromatic nitrogens is 2. The molecule has 1 fully saturated rings. The second-order valence-electron chi connectivity index (χ2n) is 5.17. The minimum absolute atomic E-state index is 0.270. The highest BCUT2D eigenvalue weighted by molar-refractivity contribution is 6.42. The normalized spacial score (nSPS) is 15.6. The lowest BCUT2D eigenvalue weighted by Gasteiger charge is -2.18. The first kappa shape index (κ1) is 16.5. The molecular formula is C15H13Cl2N5O2. The molecule has 0 aliphatic carbocycles. The van der Waals surface area contributed by atoms with Crippen molar-refractivity contribution in [1.29, 1.82) is 0 Å². The van der Waals surface area contributed by atoms with Crippen molar-refractivity contribution in [2.45, 2.75) is 13.3 Å². The summed E-state index contributed by atoms with van der Waals surface area (Å²) in [7, 11) is 0. The highest BCUT2D eigenvalue weighted by Crippen LogP contribution is 2.27. The Morgan fingerprint density at radius 1 is 1.29 bits per heavy atom. The molecule has 0 bridgehead atoms. The second-order valence-corrected chi connectivity index (χ2v) is 5.98. The third-order valence-corrected chi connectivity index (χ3v) is 4.07. The maximum Gasteiger partial charge on any atom is 0.374 e. The van der Waals surface area contributed by atoms with Crippen molar-refractivity contribution < 1.29 is 9.90 Å². The van der Waals surface area contributed by atoms with Crippen LogP contribution in [0.5, 0.6) is 0 Å². The third-order valence-electron chi connectivity index (χ3n) is 3.33. The van der Waals surface area contributed by atoms with E-state index in [1.54, 1.807) is 25.1 Å². The molecule has 1 aliphatic rings. The Kier molecular flexibility index (Phi) is 4.55. The zero-order valence-electron chi connectivity index (χ0n) is 12.6. The molecule has 2 aromatic rings. The fourth-order valence-corrected chi connectivity index (χ4v) is 2.55. The van der Waals surface area contributed by atoms with Crippen molar-refractivity contribution in [3.63, 3.8) is 0 Å². The summed E-state index contributed by atoms with van der Waals surface area (Å²) in [4.78, 5) is 23.2. The Labute approximate surface area is 147 Å². The summed E-state index contributed by atoms with van der Waals surface area (Å²) in [6.07, 6.45) is 0.658. The number of anilines is 1. The van der Waals surface area contributed by atoms with Crippen molar-refractivity contribution in [3.8, 4) is 0 Å². The van der Waals surface area contributed by atoms with Gasteiger partial charge in [-0.2, -0.15) is 0 Å². The molecule has 1 aromatic carbocycles. The quantitative estimate of drug-likeness (QED) is 0.867. The maximum absolute atomic E-state index is 11.0. The van der Waals surface area contributed by atoms with Gasteiger partial charge in [-0.25, -0.2) is 19.8 Å². The van der Waals surface area contributed by atoms with Crippen LogP contribution in [0, 0.1) is 6.92 Å². The SMILES string of the molecule is Cc1cc(N=C2CCN(c3ccc(Cl)c(Cl)c3)N2)nc(C(=O)O)n1. The zero-order chi connectivity index (χ0) is 17.3. The van der Waals surface area contributed by atoms with Gasteiger partial charge >= 0.3 is 5.97 Å². The first-order valence-corrected chi connectivity index (χ1v) is 7.84. The molecule has 0 radical (unpaired) electrons. The Morgan fingerprint density at radius 2 is 2.08 bits per heavy atom. The van der Waals surface area contributed by atoms with Gasteiger partial charge in [0.15, 0.2) is 5.82 Å². The lowest BCUT2D eigenvalue weighted by atomic mass is 10.3. The number of hydrogen-bond acceptors (Lipinski definition) is 5. The summed E-state index contributed by atoms with van der Waals surface area (Å²) in [6, 6.07) is 6.96. The van der Waals surface area contributed by atoms with E-state index >= 15 is 0 Å². The molecule has 7 nitrogen and oxygen atoms in total. The number of carboxylic acids is 1. The van der Waals surface area contributed by atoms with Gasteiger partial charge < -0.3 is 5.11 Å². The highest BCUT2D eigenvalue weighted by Gasteiger charge is 2.19. The number of aromatic carboxylic acids is 1. The van der Waals surface area contributed by atoms with E-state index in [2.05, 4.69) is 20.4 Å². The van der Waals surface area contributed by atoms with Gasteiger partial charge in [-0.05, 0) is 25.1 Å². The molecule has 1 saturated heterocycles. The summed E-state index contributed by atoms with van der Waals surface area (Å²) in [5.41, 5.74) is 4.55. The van der Waals surface area contributed by atoms with Gasteiger partial charge in [0, 0.05) is 24.7 Å². The minimum atomic E-state index is -1.18. The average molecular weight is 366 g/mol. The van der Waals surface area contributed by atoms with Crippen LogP contribution in [0.15, 0.2) is 29.3 Å². The summed E-state index contributed by atoms with van der Waals surface area (Å²) >= 11 is 12.0. The van der Waals surface area contributed by atoms with E-state index in [9.17, 15) is 4.79 Å². The number of carbonyl (C=O) groups is 1. The smallest absolute Gasteiger partial charge is 0.374 e. The number of nitrogens with one attached hydrogen (secondary N) is 1. The molecule has 1 aliphatic heterocycles. The number of halogens is 2. The minimum Gasteiger partial charge on any atom is -0.475 e. The van der Waals surface area contributed by atoms with Crippen molar-refractivity contribution in [1.82, 2.24) is 15.4 Å². The number of carboxylic acid groups (broad SMARTS) is 1. The monoisotopic (exact) mass is 365 g/mol. The number of nitrogens with zero attached hydrogens (tertiary/aromatic N) is 4. The molecule has 0 saturated carbocycles. The lowest BCUT2D eigenvalue weighted by Crippen LogP contribution is -2.33. The molecule has 24 heavy (non-hydrogen) atoms. The van der Waals surface area contributed by atoms with Gasteiger partial charge in [-0.3, -0.25) is 10.4 Å². The maximum atomic E-state index is 11.0. The van der Waals surface area contributed by atoms with E-state index in [-0.39, 0.29) is 5.82 Å². The summed E-state index contributed by atoms with van der Waals surface area (Å²) < 4.78 is 0. The van der Waals surface area contributed by atoms with Crippen LogP contribution in [0.4, 0.5) is 11.5 Å². The molecule has 2 heterocycles. The molecule has 124 valence electrons. The van der Waals surface area contributed by atoms with Gasteiger partial charge in [-0.1, -0.05) is 23.2 Å². The second kappa shape index (κ2) is 6.62. The van der Waals surface area contributed by atoms with Gasteiger partial charge in [0.25, 0.3) is 0 Å². The highest BCUT2D eigenvalue weighted by atomic mass is 35.5. The fraction of sp³-hybridized carbons (Fsp3) is 0.200. The van der Waals surface area contributed by atoms with Gasteiger partial charge in [-0.15, -0.1) is 0 Å². The number of rotatable bonds is 3. The van der Waals surface area contributed by atoms with E-state index in [0.29, 0.717) is 40.4 Å². The van der Waals surface area contributed by atoms with Crippen LogP contribution in [0.25, 0.3) is 0 Å². The standard InChI is InChI=1S/C15H13Cl2N5O2/c1-8-6-13(20-14(18-8)15(23)24)19-12-4-5-22(21-12)9-2-3-10(16)11(17)7-9/h2-3,6-7H,4-5H2,1H3,(H,23,24)(H,18,19,20,21). The summed E-state index contributed by atoms with van der Waals surface area (Å²) in [5, 5.41) is 11.9. The van der Waals surface area contributed by atoms with Gasteiger partial charge in [0.05, 0.1) is 15.7 Å². The molecule has 0 atom stereocenters. The lowest BCUT2D eigenvalue weighted by molar-refractivity contribution is 0.0683.